The molecule has 0 aliphatic heterocycles. The van der Waals surface area contributed by atoms with E-state index >= 15 is 0 Å². The van der Waals surface area contributed by atoms with Crippen molar-refractivity contribution in [3.8, 4) is 0 Å². The van der Waals surface area contributed by atoms with Gasteiger partial charge in [0.05, 0.1) is 11.1 Å². The minimum atomic E-state index is 0.119. The van der Waals surface area contributed by atoms with Gasteiger partial charge in [0.15, 0.2) is 0 Å². The molecule has 0 saturated heterocycles. The van der Waals surface area contributed by atoms with Gasteiger partial charge in [-0.2, -0.15) is 0 Å². The molecule has 1 unspecified atom stereocenters. The maximum absolute atomic E-state index is 6.48. The van der Waals surface area contributed by atoms with Crippen LogP contribution in [0.3, 0.4) is 0 Å². The van der Waals surface area contributed by atoms with Gasteiger partial charge in [-0.05, 0) is 69.4 Å². The molecule has 1 aromatic carbocycles. The van der Waals surface area contributed by atoms with E-state index in [1.807, 2.05) is 12.1 Å². The predicted octanol–water partition coefficient (Wildman–Crippen LogP) is 6.32. The van der Waals surface area contributed by atoms with Crippen LogP contribution in [-0.4, -0.2) is 6.54 Å². The van der Waals surface area contributed by atoms with Crippen LogP contribution in [-0.2, 0) is 0 Å². The summed E-state index contributed by atoms with van der Waals surface area (Å²) in [5.41, 5.74) is 1.11. The van der Waals surface area contributed by atoms with Gasteiger partial charge in [-0.25, -0.2) is 0 Å². The lowest BCUT2D eigenvalue weighted by molar-refractivity contribution is 0.604. The Labute approximate surface area is 146 Å². The second-order valence-electron chi connectivity index (χ2n) is 4.60. The van der Waals surface area contributed by atoms with Crippen molar-refractivity contribution in [2.24, 2.45) is 0 Å². The van der Waals surface area contributed by atoms with Crippen molar-refractivity contribution >= 4 is 54.8 Å². The van der Waals surface area contributed by atoms with Crippen molar-refractivity contribution in [2.45, 2.75) is 26.3 Å². The highest BCUT2D eigenvalue weighted by Crippen LogP contribution is 2.39. The summed E-state index contributed by atoms with van der Waals surface area (Å²) in [4.78, 5) is 2.57. The number of halogens is 3. The van der Waals surface area contributed by atoms with E-state index in [2.05, 4.69) is 63.2 Å². The van der Waals surface area contributed by atoms with Gasteiger partial charge >= 0.3 is 0 Å². The maximum Gasteiger partial charge on any atom is 0.0697 e. The molecule has 1 N–H and O–H groups in total. The van der Waals surface area contributed by atoms with E-state index in [9.17, 15) is 0 Å². The third-order valence-electron chi connectivity index (χ3n) is 2.99. The fourth-order valence-corrected chi connectivity index (χ4v) is 4.67. The summed E-state index contributed by atoms with van der Waals surface area (Å²) in [6.07, 6.45) is 1.09. The fraction of sp³-hybridized carbons (Fsp3) is 0.333. The lowest BCUT2D eigenvalue weighted by atomic mass is 10.1. The number of thiophene rings is 1. The molecule has 0 aliphatic rings. The van der Waals surface area contributed by atoms with E-state index in [4.69, 9.17) is 11.6 Å². The number of nitrogens with one attached hydrogen (secondary N) is 1. The molecule has 20 heavy (non-hydrogen) atoms. The van der Waals surface area contributed by atoms with Gasteiger partial charge in [0.25, 0.3) is 0 Å². The van der Waals surface area contributed by atoms with Gasteiger partial charge in [-0.15, -0.1) is 11.3 Å². The van der Waals surface area contributed by atoms with Crippen LogP contribution in [0.5, 0.6) is 0 Å². The molecule has 0 aliphatic carbocycles. The Morgan fingerprint density at radius 1 is 1.30 bits per heavy atom. The Balaban J connectivity index is 2.47. The standard InChI is InChI=1S/C15H16Br2ClNS/c1-3-7-19-14(15-12(17)8-9(2)20-15)10-5-4-6-11(16)13(10)18/h4-6,8,14,19H,3,7H2,1-2H3. The first kappa shape index (κ1) is 16.5. The molecule has 0 bridgehead atoms. The SMILES string of the molecule is CCCNC(c1cccc(Br)c1Cl)c1sc(C)cc1Br. The summed E-state index contributed by atoms with van der Waals surface area (Å²) in [5.74, 6) is 0. The van der Waals surface area contributed by atoms with Crippen LogP contribution in [0.4, 0.5) is 0 Å². The van der Waals surface area contributed by atoms with E-state index in [0.29, 0.717) is 0 Å². The normalized spacial score (nSPS) is 12.7. The van der Waals surface area contributed by atoms with E-state index in [-0.39, 0.29) is 6.04 Å². The molecular weight excluding hydrogens is 422 g/mol. The molecule has 5 heteroatoms. The molecule has 2 aromatic rings. The van der Waals surface area contributed by atoms with Crippen LogP contribution >= 0.6 is 54.8 Å². The predicted molar refractivity (Wildman–Crippen MR) is 96.0 cm³/mol. The van der Waals surface area contributed by atoms with Crippen LogP contribution in [0, 0.1) is 6.92 Å². The molecule has 0 saturated carbocycles. The minimum Gasteiger partial charge on any atom is -0.306 e. The summed E-state index contributed by atoms with van der Waals surface area (Å²) in [7, 11) is 0. The molecule has 0 spiro atoms. The number of benzene rings is 1. The number of aryl methyl sites for hydroxylation is 1. The Morgan fingerprint density at radius 2 is 2.05 bits per heavy atom. The third kappa shape index (κ3) is 3.66. The first-order valence-electron chi connectivity index (χ1n) is 6.47. The second kappa shape index (κ2) is 7.41. The largest absolute Gasteiger partial charge is 0.306 e. The zero-order chi connectivity index (χ0) is 14.7. The van der Waals surface area contributed by atoms with Crippen LogP contribution in [0.15, 0.2) is 33.2 Å². The summed E-state index contributed by atoms with van der Waals surface area (Å²) < 4.78 is 2.08. The molecule has 2 rings (SSSR count). The van der Waals surface area contributed by atoms with E-state index in [1.54, 1.807) is 11.3 Å². The van der Waals surface area contributed by atoms with Gasteiger partial charge < -0.3 is 5.32 Å². The first-order valence-corrected chi connectivity index (χ1v) is 9.25. The smallest absolute Gasteiger partial charge is 0.0697 e. The van der Waals surface area contributed by atoms with Crippen molar-refractivity contribution in [3.63, 3.8) is 0 Å². The van der Waals surface area contributed by atoms with E-state index in [1.165, 1.54) is 9.75 Å². The summed E-state index contributed by atoms with van der Waals surface area (Å²) in [6, 6.07) is 8.36. The van der Waals surface area contributed by atoms with E-state index < -0.39 is 0 Å². The highest BCUT2D eigenvalue weighted by molar-refractivity contribution is 9.10. The van der Waals surface area contributed by atoms with Gasteiger partial charge in [0.2, 0.25) is 0 Å². The molecule has 1 atom stereocenters. The lowest BCUT2D eigenvalue weighted by Gasteiger charge is -2.20. The molecule has 1 nitrogen and oxygen atoms in total. The van der Waals surface area contributed by atoms with Gasteiger partial charge in [0, 0.05) is 18.7 Å². The zero-order valence-corrected chi connectivity index (χ0v) is 16.1. The lowest BCUT2D eigenvalue weighted by Crippen LogP contribution is -2.23. The van der Waals surface area contributed by atoms with Gasteiger partial charge in [-0.1, -0.05) is 30.7 Å². The first-order chi connectivity index (χ1) is 9.54. The van der Waals surface area contributed by atoms with Gasteiger partial charge in [0.1, 0.15) is 0 Å². The molecule has 0 fully saturated rings. The Kier molecular flexibility index (Phi) is 6.11. The summed E-state index contributed by atoms with van der Waals surface area (Å²) >= 11 is 15.5. The van der Waals surface area contributed by atoms with Crippen molar-refractivity contribution in [2.75, 3.05) is 6.54 Å². The number of hydrogen-bond acceptors (Lipinski definition) is 2. The van der Waals surface area contributed by atoms with Gasteiger partial charge in [-0.3, -0.25) is 0 Å². The Bertz CT molecular complexity index is 598. The van der Waals surface area contributed by atoms with Crippen LogP contribution < -0.4 is 5.32 Å². The summed E-state index contributed by atoms with van der Waals surface area (Å²) in [6.45, 7) is 5.25. The molecular formula is C15H16Br2ClNS. The molecule has 1 heterocycles. The molecule has 1 aromatic heterocycles. The zero-order valence-electron chi connectivity index (χ0n) is 11.3. The Hall–Kier alpha value is 0.130. The highest BCUT2D eigenvalue weighted by Gasteiger charge is 2.21. The molecule has 108 valence electrons. The maximum atomic E-state index is 6.48. The number of rotatable bonds is 5. The Morgan fingerprint density at radius 3 is 2.65 bits per heavy atom. The fourth-order valence-electron chi connectivity index (χ4n) is 2.07. The highest BCUT2D eigenvalue weighted by atomic mass is 79.9. The van der Waals surface area contributed by atoms with Crippen LogP contribution in [0.2, 0.25) is 5.02 Å². The average molecular weight is 438 g/mol. The third-order valence-corrected chi connectivity index (χ3v) is 6.33. The van der Waals surface area contributed by atoms with Crippen LogP contribution in [0.1, 0.15) is 34.7 Å². The average Bonchev–Trinajstić information content (AvgIpc) is 2.74. The van der Waals surface area contributed by atoms with Crippen molar-refractivity contribution in [3.05, 3.63) is 53.6 Å². The minimum absolute atomic E-state index is 0.119. The molecule has 0 radical (unpaired) electrons. The molecule has 0 amide bonds. The number of hydrogen-bond donors (Lipinski definition) is 1. The monoisotopic (exact) mass is 435 g/mol. The van der Waals surface area contributed by atoms with Crippen molar-refractivity contribution < 1.29 is 0 Å². The summed E-state index contributed by atoms with van der Waals surface area (Å²) in [5, 5.41) is 4.38. The second-order valence-corrected chi connectivity index (χ2v) is 7.97. The quantitative estimate of drug-likeness (QED) is 0.577. The van der Waals surface area contributed by atoms with E-state index in [0.717, 1.165) is 32.5 Å². The van der Waals surface area contributed by atoms with Crippen molar-refractivity contribution in [1.29, 1.82) is 0 Å². The topological polar surface area (TPSA) is 12.0 Å². The van der Waals surface area contributed by atoms with Crippen LogP contribution in [0.25, 0.3) is 0 Å². The van der Waals surface area contributed by atoms with Crippen molar-refractivity contribution in [1.82, 2.24) is 5.32 Å².